The van der Waals surface area contributed by atoms with Crippen molar-refractivity contribution >= 4 is 11.7 Å². The summed E-state index contributed by atoms with van der Waals surface area (Å²) < 4.78 is 0. The third kappa shape index (κ3) is 2.77. The lowest BCUT2D eigenvalue weighted by Crippen LogP contribution is -2.24. The second-order valence-electron chi connectivity index (χ2n) is 3.27. The molecule has 0 aliphatic carbocycles. The molecule has 7 heteroatoms. The number of imidazole rings is 1. The third-order valence-corrected chi connectivity index (χ3v) is 2.12. The smallest absolute Gasteiger partial charge is 0.272 e. The van der Waals surface area contributed by atoms with Gasteiger partial charge in [0.05, 0.1) is 6.54 Å². The molecule has 0 aromatic carbocycles. The van der Waals surface area contributed by atoms with E-state index in [1.807, 2.05) is 0 Å². The maximum absolute atomic E-state index is 11.7. The number of H-pyrrole nitrogens is 1. The van der Waals surface area contributed by atoms with E-state index in [9.17, 15) is 4.79 Å². The van der Waals surface area contributed by atoms with Crippen LogP contribution in [0.1, 0.15) is 16.3 Å². The van der Waals surface area contributed by atoms with E-state index in [-0.39, 0.29) is 11.6 Å². The molecule has 0 saturated carbocycles. The van der Waals surface area contributed by atoms with Gasteiger partial charge in [0.2, 0.25) is 0 Å². The molecule has 0 bridgehead atoms. The predicted molar refractivity (Wildman–Crippen MR) is 61.3 cm³/mol. The maximum Gasteiger partial charge on any atom is 0.272 e. The standard InChI is InChI=1S/C10H12N6O/c1-11-8-3-2-7(15-16-8)10(17)14-6-9-12-4-5-13-9/h2-5H,6H2,1H3,(H,11,16)(H,12,13)(H,14,17). The van der Waals surface area contributed by atoms with Crippen LogP contribution in [0.5, 0.6) is 0 Å². The van der Waals surface area contributed by atoms with Crippen LogP contribution in [0.25, 0.3) is 0 Å². The average Bonchev–Trinajstić information content (AvgIpc) is 2.89. The van der Waals surface area contributed by atoms with E-state index in [0.717, 1.165) is 0 Å². The minimum absolute atomic E-state index is 0.274. The highest BCUT2D eigenvalue weighted by Crippen LogP contribution is 2.00. The number of anilines is 1. The molecule has 0 spiro atoms. The summed E-state index contributed by atoms with van der Waals surface area (Å²) in [6.45, 7) is 0.335. The van der Waals surface area contributed by atoms with Gasteiger partial charge in [0.25, 0.3) is 5.91 Å². The summed E-state index contributed by atoms with van der Waals surface area (Å²) in [6, 6.07) is 3.30. The van der Waals surface area contributed by atoms with Gasteiger partial charge in [0, 0.05) is 19.4 Å². The van der Waals surface area contributed by atoms with E-state index in [1.165, 1.54) is 0 Å². The molecule has 0 atom stereocenters. The largest absolute Gasteiger partial charge is 0.372 e. The van der Waals surface area contributed by atoms with Crippen LogP contribution in [0.3, 0.4) is 0 Å². The van der Waals surface area contributed by atoms with E-state index in [2.05, 4.69) is 30.8 Å². The molecular weight excluding hydrogens is 220 g/mol. The lowest BCUT2D eigenvalue weighted by atomic mass is 10.3. The topological polar surface area (TPSA) is 95.6 Å². The maximum atomic E-state index is 11.7. The Morgan fingerprint density at radius 2 is 2.29 bits per heavy atom. The molecule has 0 fully saturated rings. The van der Waals surface area contributed by atoms with Crippen LogP contribution < -0.4 is 10.6 Å². The highest BCUT2D eigenvalue weighted by Gasteiger charge is 2.07. The third-order valence-electron chi connectivity index (χ3n) is 2.12. The van der Waals surface area contributed by atoms with Crippen molar-refractivity contribution < 1.29 is 4.79 Å². The number of rotatable bonds is 4. The molecule has 0 unspecified atom stereocenters. The van der Waals surface area contributed by atoms with Gasteiger partial charge in [-0.3, -0.25) is 4.79 Å². The predicted octanol–water partition coefficient (Wildman–Crippen LogP) is 0.171. The Bertz CT molecular complexity index is 478. The summed E-state index contributed by atoms with van der Waals surface area (Å²) in [5.74, 6) is 1.03. The molecular formula is C10H12N6O. The number of nitrogens with one attached hydrogen (secondary N) is 3. The number of amides is 1. The first-order valence-corrected chi connectivity index (χ1v) is 5.07. The lowest BCUT2D eigenvalue weighted by molar-refractivity contribution is 0.0944. The van der Waals surface area contributed by atoms with Crippen LogP contribution in [0, 0.1) is 0 Å². The van der Waals surface area contributed by atoms with Crippen LogP contribution in [-0.4, -0.2) is 33.1 Å². The molecule has 17 heavy (non-hydrogen) atoms. The summed E-state index contributed by atoms with van der Waals surface area (Å²) in [6.07, 6.45) is 3.33. The van der Waals surface area contributed by atoms with E-state index >= 15 is 0 Å². The molecule has 2 heterocycles. The van der Waals surface area contributed by atoms with E-state index < -0.39 is 0 Å². The van der Waals surface area contributed by atoms with Crippen molar-refractivity contribution in [2.45, 2.75) is 6.54 Å². The number of carbonyl (C=O) groups excluding carboxylic acids is 1. The highest BCUT2D eigenvalue weighted by atomic mass is 16.1. The summed E-state index contributed by atoms with van der Waals surface area (Å²) in [7, 11) is 1.74. The SMILES string of the molecule is CNc1ccc(C(=O)NCc2ncc[nH]2)nn1. The first-order chi connectivity index (χ1) is 8.29. The Morgan fingerprint density at radius 3 is 2.88 bits per heavy atom. The first kappa shape index (κ1) is 11.1. The Morgan fingerprint density at radius 1 is 1.41 bits per heavy atom. The van der Waals surface area contributed by atoms with Crippen LogP contribution in [-0.2, 0) is 6.54 Å². The van der Waals surface area contributed by atoms with Crippen molar-refractivity contribution in [2.75, 3.05) is 12.4 Å². The molecule has 1 amide bonds. The number of hydrogen-bond acceptors (Lipinski definition) is 5. The van der Waals surface area contributed by atoms with Gasteiger partial charge in [0.1, 0.15) is 11.6 Å². The molecule has 2 aromatic rings. The van der Waals surface area contributed by atoms with Crippen LogP contribution in [0.4, 0.5) is 5.82 Å². The molecule has 0 radical (unpaired) electrons. The Kier molecular flexibility index (Phi) is 3.29. The monoisotopic (exact) mass is 232 g/mol. The van der Waals surface area contributed by atoms with Crippen LogP contribution in [0.15, 0.2) is 24.5 Å². The van der Waals surface area contributed by atoms with Gasteiger partial charge >= 0.3 is 0 Å². The zero-order valence-corrected chi connectivity index (χ0v) is 9.27. The van der Waals surface area contributed by atoms with Gasteiger partial charge in [0.15, 0.2) is 5.69 Å². The fraction of sp³-hybridized carbons (Fsp3) is 0.200. The molecule has 2 aromatic heterocycles. The first-order valence-electron chi connectivity index (χ1n) is 5.07. The van der Waals surface area contributed by atoms with Gasteiger partial charge in [-0.25, -0.2) is 4.98 Å². The zero-order valence-electron chi connectivity index (χ0n) is 9.27. The Labute approximate surface area is 97.7 Å². The summed E-state index contributed by atoms with van der Waals surface area (Å²) in [5.41, 5.74) is 0.274. The van der Waals surface area contributed by atoms with Crippen molar-refractivity contribution in [3.05, 3.63) is 36.0 Å². The summed E-state index contributed by atoms with van der Waals surface area (Å²) in [5, 5.41) is 13.1. The van der Waals surface area contributed by atoms with Gasteiger partial charge in [-0.2, -0.15) is 0 Å². The van der Waals surface area contributed by atoms with Crippen molar-refractivity contribution in [1.29, 1.82) is 0 Å². The lowest BCUT2D eigenvalue weighted by Gasteiger charge is -2.02. The molecule has 0 aliphatic rings. The van der Waals surface area contributed by atoms with Gasteiger partial charge < -0.3 is 15.6 Å². The average molecular weight is 232 g/mol. The Hall–Kier alpha value is -2.44. The summed E-state index contributed by atoms with van der Waals surface area (Å²) in [4.78, 5) is 18.5. The minimum atomic E-state index is -0.281. The summed E-state index contributed by atoms with van der Waals surface area (Å²) >= 11 is 0. The van der Waals surface area contributed by atoms with Gasteiger partial charge in [-0.1, -0.05) is 0 Å². The van der Waals surface area contributed by atoms with E-state index in [0.29, 0.717) is 18.2 Å². The van der Waals surface area contributed by atoms with Crippen molar-refractivity contribution in [3.8, 4) is 0 Å². The quantitative estimate of drug-likeness (QED) is 0.698. The fourth-order valence-electron chi connectivity index (χ4n) is 1.24. The zero-order chi connectivity index (χ0) is 12.1. The number of aromatic nitrogens is 4. The van der Waals surface area contributed by atoms with Gasteiger partial charge in [-0.05, 0) is 12.1 Å². The second-order valence-corrected chi connectivity index (χ2v) is 3.27. The Balaban J connectivity index is 1.95. The molecule has 7 nitrogen and oxygen atoms in total. The minimum Gasteiger partial charge on any atom is -0.372 e. The van der Waals surface area contributed by atoms with Gasteiger partial charge in [-0.15, -0.1) is 10.2 Å². The van der Waals surface area contributed by atoms with Crippen LogP contribution >= 0.6 is 0 Å². The second kappa shape index (κ2) is 5.06. The molecule has 0 saturated heterocycles. The molecule has 3 N–H and O–H groups in total. The molecule has 88 valence electrons. The number of nitrogens with zero attached hydrogens (tertiary/aromatic N) is 3. The molecule has 0 aliphatic heterocycles. The molecule has 2 rings (SSSR count). The van der Waals surface area contributed by atoms with E-state index in [4.69, 9.17) is 0 Å². The van der Waals surface area contributed by atoms with Crippen molar-refractivity contribution in [3.63, 3.8) is 0 Å². The van der Waals surface area contributed by atoms with Crippen molar-refractivity contribution in [2.24, 2.45) is 0 Å². The fourth-order valence-corrected chi connectivity index (χ4v) is 1.24. The van der Waals surface area contributed by atoms with E-state index in [1.54, 1.807) is 31.6 Å². The van der Waals surface area contributed by atoms with Crippen molar-refractivity contribution in [1.82, 2.24) is 25.5 Å². The number of aromatic amines is 1. The number of hydrogen-bond donors (Lipinski definition) is 3. The number of carbonyl (C=O) groups is 1. The highest BCUT2D eigenvalue weighted by molar-refractivity contribution is 5.92. The normalized spacial score (nSPS) is 9.94. The van der Waals surface area contributed by atoms with Crippen LogP contribution in [0.2, 0.25) is 0 Å².